The van der Waals surface area contributed by atoms with Crippen molar-refractivity contribution in [2.45, 2.75) is 6.92 Å². The van der Waals surface area contributed by atoms with Crippen LogP contribution < -0.4 is 10.4 Å². The summed E-state index contributed by atoms with van der Waals surface area (Å²) in [5.41, 5.74) is 0.713. The normalized spacial score (nSPS) is 12.6. The third-order valence-corrected chi connectivity index (χ3v) is 2.10. The zero-order valence-electron chi connectivity index (χ0n) is 8.86. The summed E-state index contributed by atoms with van der Waals surface area (Å²) in [4.78, 5) is 11.4. The molecule has 0 spiro atoms. The molecule has 1 rings (SSSR count). The summed E-state index contributed by atoms with van der Waals surface area (Å²) in [6, 6.07) is 5.63. The van der Waals surface area contributed by atoms with Crippen LogP contribution in [0.25, 0.3) is 12.2 Å². The second kappa shape index (κ2) is 5.11. The van der Waals surface area contributed by atoms with Crippen LogP contribution >= 0.6 is 0 Å². The minimum absolute atomic E-state index is 0.0578. The lowest BCUT2D eigenvalue weighted by Crippen LogP contribution is -2.29. The summed E-state index contributed by atoms with van der Waals surface area (Å²) in [5.74, 6) is 0.0578. The fourth-order valence-corrected chi connectivity index (χ4v) is 1.47. The van der Waals surface area contributed by atoms with Gasteiger partial charge in [-0.1, -0.05) is 55.7 Å². The average Bonchev–Trinajstić information content (AvgIpc) is 2.21. The Labute approximate surface area is 89.8 Å². The van der Waals surface area contributed by atoms with E-state index < -0.39 is 0 Å². The van der Waals surface area contributed by atoms with Crippen LogP contribution in [0.2, 0.25) is 0 Å². The Morgan fingerprint density at radius 1 is 1.20 bits per heavy atom. The number of allylic oxidation sites excluding steroid dienone is 2. The van der Waals surface area contributed by atoms with Gasteiger partial charge in [-0.05, 0) is 17.4 Å². The van der Waals surface area contributed by atoms with Gasteiger partial charge >= 0.3 is 0 Å². The molecule has 1 nitrogen and oxygen atoms in total. The van der Waals surface area contributed by atoms with E-state index in [4.69, 9.17) is 0 Å². The van der Waals surface area contributed by atoms with Gasteiger partial charge in [-0.2, -0.15) is 0 Å². The quantitative estimate of drug-likeness (QED) is 0.677. The Morgan fingerprint density at radius 2 is 1.87 bits per heavy atom. The first-order chi connectivity index (χ1) is 7.20. The van der Waals surface area contributed by atoms with Crippen molar-refractivity contribution in [1.29, 1.82) is 0 Å². The van der Waals surface area contributed by atoms with Gasteiger partial charge in [0, 0.05) is 5.56 Å². The maximum Gasteiger partial charge on any atom is 0.160 e. The number of Topliss-reactive ketones (excluding diaryl/α,β-unsaturated/α-hetero) is 1. The molecule has 0 aliphatic rings. The third kappa shape index (κ3) is 2.53. The van der Waals surface area contributed by atoms with Crippen molar-refractivity contribution in [1.82, 2.24) is 0 Å². The van der Waals surface area contributed by atoms with Crippen molar-refractivity contribution < 1.29 is 4.79 Å². The number of carbonyl (C=O) groups is 1. The highest BCUT2D eigenvalue weighted by molar-refractivity contribution is 5.94. The summed E-state index contributed by atoms with van der Waals surface area (Å²) in [6.07, 6.45) is 7.11. The SMILES string of the molecule is C=C/C=c1/cccc(C(C)=O)/c1=C/C=C. The molecule has 1 aromatic carbocycles. The summed E-state index contributed by atoms with van der Waals surface area (Å²) in [7, 11) is 0. The van der Waals surface area contributed by atoms with Gasteiger partial charge < -0.3 is 0 Å². The molecule has 0 heterocycles. The van der Waals surface area contributed by atoms with Gasteiger partial charge in [0.25, 0.3) is 0 Å². The molecule has 0 aromatic heterocycles. The molecule has 15 heavy (non-hydrogen) atoms. The summed E-state index contributed by atoms with van der Waals surface area (Å²) < 4.78 is 0. The molecule has 0 bridgehead atoms. The molecule has 0 aliphatic carbocycles. The van der Waals surface area contributed by atoms with E-state index in [0.29, 0.717) is 5.56 Å². The lowest BCUT2D eigenvalue weighted by molar-refractivity contribution is 0.101. The van der Waals surface area contributed by atoms with Crippen LogP contribution in [0.15, 0.2) is 43.5 Å². The number of hydrogen-bond acceptors (Lipinski definition) is 1. The van der Waals surface area contributed by atoms with Crippen molar-refractivity contribution in [3.63, 3.8) is 0 Å². The standard InChI is InChI=1S/C14H14O/c1-4-7-12-9-6-10-13(11(3)15)14(12)8-5-2/h4-10H,1-2H2,3H3/b12-7-,14-8+. The number of benzene rings is 1. The lowest BCUT2D eigenvalue weighted by Gasteiger charge is -1.97. The fourth-order valence-electron chi connectivity index (χ4n) is 1.47. The number of rotatable bonds is 3. The molecule has 0 saturated heterocycles. The number of carbonyl (C=O) groups excluding carboxylic acids is 1. The van der Waals surface area contributed by atoms with Crippen LogP contribution in [0.1, 0.15) is 17.3 Å². The van der Waals surface area contributed by atoms with Gasteiger partial charge in [0.1, 0.15) is 0 Å². The predicted molar refractivity (Wildman–Crippen MR) is 65.0 cm³/mol. The molecule has 0 unspecified atom stereocenters. The zero-order chi connectivity index (χ0) is 11.3. The van der Waals surface area contributed by atoms with E-state index in [1.807, 2.05) is 30.4 Å². The first-order valence-electron chi connectivity index (χ1n) is 4.76. The first kappa shape index (κ1) is 11.2. The van der Waals surface area contributed by atoms with Crippen LogP contribution in [0.4, 0.5) is 0 Å². The lowest BCUT2D eigenvalue weighted by atomic mass is 10.1. The van der Waals surface area contributed by atoms with Crippen molar-refractivity contribution in [3.8, 4) is 0 Å². The largest absolute Gasteiger partial charge is 0.294 e. The minimum atomic E-state index is 0.0578. The summed E-state index contributed by atoms with van der Waals surface area (Å²) in [6.45, 7) is 8.87. The van der Waals surface area contributed by atoms with Crippen LogP contribution in [-0.4, -0.2) is 5.78 Å². The molecule has 0 amide bonds. The van der Waals surface area contributed by atoms with Crippen molar-refractivity contribution >= 4 is 17.9 Å². The average molecular weight is 198 g/mol. The molecule has 0 aliphatic heterocycles. The van der Waals surface area contributed by atoms with E-state index in [1.54, 1.807) is 19.1 Å². The van der Waals surface area contributed by atoms with E-state index in [0.717, 1.165) is 10.4 Å². The first-order valence-corrected chi connectivity index (χ1v) is 4.76. The van der Waals surface area contributed by atoms with Gasteiger partial charge in [0.05, 0.1) is 0 Å². The van der Waals surface area contributed by atoms with Crippen LogP contribution in [-0.2, 0) is 0 Å². The second-order valence-electron chi connectivity index (χ2n) is 3.17. The molecule has 76 valence electrons. The topological polar surface area (TPSA) is 17.1 Å². The maximum absolute atomic E-state index is 11.4. The van der Waals surface area contributed by atoms with Crippen molar-refractivity contribution in [3.05, 3.63) is 59.5 Å². The van der Waals surface area contributed by atoms with E-state index in [-0.39, 0.29) is 5.78 Å². The summed E-state index contributed by atoms with van der Waals surface area (Å²) >= 11 is 0. The maximum atomic E-state index is 11.4. The van der Waals surface area contributed by atoms with Gasteiger partial charge in [-0.25, -0.2) is 0 Å². The molecule has 0 radical (unpaired) electrons. The third-order valence-electron chi connectivity index (χ3n) is 2.10. The summed E-state index contributed by atoms with van der Waals surface area (Å²) in [5, 5.41) is 1.89. The van der Waals surface area contributed by atoms with E-state index >= 15 is 0 Å². The molecule has 1 aromatic rings. The van der Waals surface area contributed by atoms with Crippen molar-refractivity contribution in [2.24, 2.45) is 0 Å². The number of hydrogen-bond donors (Lipinski definition) is 0. The van der Waals surface area contributed by atoms with E-state index in [2.05, 4.69) is 13.2 Å². The highest BCUT2D eigenvalue weighted by atomic mass is 16.1. The smallest absolute Gasteiger partial charge is 0.160 e. The Morgan fingerprint density at radius 3 is 2.40 bits per heavy atom. The van der Waals surface area contributed by atoms with E-state index in [1.165, 1.54) is 0 Å². The molecule has 0 N–H and O–H groups in total. The van der Waals surface area contributed by atoms with Gasteiger partial charge in [-0.15, -0.1) is 0 Å². The fraction of sp³-hybridized carbons (Fsp3) is 0.0714. The Kier molecular flexibility index (Phi) is 3.81. The van der Waals surface area contributed by atoms with Crippen LogP contribution in [0.3, 0.4) is 0 Å². The zero-order valence-corrected chi connectivity index (χ0v) is 8.86. The van der Waals surface area contributed by atoms with E-state index in [9.17, 15) is 4.79 Å². The van der Waals surface area contributed by atoms with Crippen LogP contribution in [0.5, 0.6) is 0 Å². The van der Waals surface area contributed by atoms with Crippen molar-refractivity contribution in [2.75, 3.05) is 0 Å². The monoisotopic (exact) mass is 198 g/mol. The van der Waals surface area contributed by atoms with Gasteiger partial charge in [-0.3, -0.25) is 4.79 Å². The predicted octanol–water partition coefficient (Wildman–Crippen LogP) is 1.82. The van der Waals surface area contributed by atoms with Gasteiger partial charge in [0.2, 0.25) is 0 Å². The Hall–Kier alpha value is -1.89. The Balaban J connectivity index is 3.72. The highest BCUT2D eigenvalue weighted by Crippen LogP contribution is 1.90. The highest BCUT2D eigenvalue weighted by Gasteiger charge is 2.00. The second-order valence-corrected chi connectivity index (χ2v) is 3.17. The minimum Gasteiger partial charge on any atom is -0.294 e. The molecule has 0 saturated carbocycles. The van der Waals surface area contributed by atoms with Gasteiger partial charge in [0.15, 0.2) is 5.78 Å². The van der Waals surface area contributed by atoms with Crippen LogP contribution in [0, 0.1) is 0 Å². The molecular formula is C14H14O. The number of ketones is 1. The molecule has 0 fully saturated rings. The molecule has 0 atom stereocenters. The Bertz CT molecular complexity index is 507. The molecule has 1 heteroatoms. The molecular weight excluding hydrogens is 184 g/mol.